The highest BCUT2D eigenvalue weighted by molar-refractivity contribution is 7.86. The molecule has 0 amide bonds. The number of hydrogen-bond acceptors (Lipinski definition) is 6. The fourth-order valence-corrected chi connectivity index (χ4v) is 2.99. The van der Waals surface area contributed by atoms with E-state index in [1.807, 2.05) is 0 Å². The van der Waals surface area contributed by atoms with E-state index in [0.717, 1.165) is 6.26 Å². The lowest BCUT2D eigenvalue weighted by molar-refractivity contribution is 0.176. The summed E-state index contributed by atoms with van der Waals surface area (Å²) in [6.45, 7) is 1.49. The molecule has 0 heterocycles. The van der Waals surface area contributed by atoms with E-state index >= 15 is 0 Å². The lowest BCUT2D eigenvalue weighted by Gasteiger charge is -2.11. The first kappa shape index (κ1) is 13.9. The zero-order valence-corrected chi connectivity index (χ0v) is 10.9. The Morgan fingerprint density at radius 3 is 2.00 bits per heavy atom. The molecule has 0 aromatic carbocycles. The molecule has 96 valence electrons. The standard InChI is InChI=1S/C8H16O6S2/c1-3-16(11,12)14-8-5-4-7(6-8)13-15(2,9)10/h7-8H,3-6H2,1-2H3. The van der Waals surface area contributed by atoms with Crippen LogP contribution in [-0.4, -0.2) is 41.1 Å². The second-order valence-electron chi connectivity index (χ2n) is 3.80. The summed E-state index contributed by atoms with van der Waals surface area (Å²) in [6, 6.07) is 0. The molecule has 0 radical (unpaired) electrons. The van der Waals surface area contributed by atoms with Gasteiger partial charge in [0.05, 0.1) is 24.2 Å². The van der Waals surface area contributed by atoms with Crippen molar-refractivity contribution >= 4 is 20.2 Å². The van der Waals surface area contributed by atoms with Gasteiger partial charge in [-0.2, -0.15) is 16.8 Å². The Balaban J connectivity index is 2.48. The highest BCUT2D eigenvalue weighted by Gasteiger charge is 2.31. The van der Waals surface area contributed by atoms with Gasteiger partial charge in [-0.1, -0.05) is 0 Å². The molecule has 1 aliphatic rings. The molecule has 0 aliphatic heterocycles. The molecule has 1 fully saturated rings. The average molecular weight is 272 g/mol. The van der Waals surface area contributed by atoms with Crippen molar-refractivity contribution in [2.75, 3.05) is 12.0 Å². The van der Waals surface area contributed by atoms with Crippen molar-refractivity contribution in [1.29, 1.82) is 0 Å². The van der Waals surface area contributed by atoms with Crippen molar-refractivity contribution in [1.82, 2.24) is 0 Å². The monoisotopic (exact) mass is 272 g/mol. The Hall–Kier alpha value is -0.180. The van der Waals surface area contributed by atoms with E-state index in [-0.39, 0.29) is 5.75 Å². The molecule has 8 heteroatoms. The first-order valence-corrected chi connectivity index (χ1v) is 8.40. The molecule has 0 bridgehead atoms. The third-order valence-electron chi connectivity index (χ3n) is 2.28. The zero-order chi connectivity index (χ0) is 12.4. The van der Waals surface area contributed by atoms with Gasteiger partial charge in [-0.05, 0) is 19.8 Å². The molecule has 2 atom stereocenters. The third kappa shape index (κ3) is 4.77. The Kier molecular flexibility index (Phi) is 4.33. The summed E-state index contributed by atoms with van der Waals surface area (Å²) in [5.74, 6) is -0.0822. The van der Waals surface area contributed by atoms with Crippen LogP contribution < -0.4 is 0 Å². The maximum Gasteiger partial charge on any atom is 0.267 e. The number of rotatable bonds is 5. The lowest BCUT2D eigenvalue weighted by Crippen LogP contribution is -2.19. The van der Waals surface area contributed by atoms with E-state index in [1.54, 1.807) is 0 Å². The van der Waals surface area contributed by atoms with Crippen LogP contribution in [0.2, 0.25) is 0 Å². The van der Waals surface area contributed by atoms with Crippen LogP contribution in [0.25, 0.3) is 0 Å². The maximum absolute atomic E-state index is 11.2. The highest BCUT2D eigenvalue weighted by atomic mass is 32.2. The van der Waals surface area contributed by atoms with Gasteiger partial charge in [0.25, 0.3) is 20.2 Å². The molecular weight excluding hydrogens is 256 g/mol. The van der Waals surface area contributed by atoms with Gasteiger partial charge in [-0.25, -0.2) is 0 Å². The molecule has 0 aromatic heterocycles. The Labute approximate surface area is 96.2 Å². The summed E-state index contributed by atoms with van der Waals surface area (Å²) in [7, 11) is -6.96. The van der Waals surface area contributed by atoms with Crippen molar-refractivity contribution < 1.29 is 25.2 Å². The van der Waals surface area contributed by atoms with Crippen LogP contribution in [0, 0.1) is 0 Å². The summed E-state index contributed by atoms with van der Waals surface area (Å²) in [6.07, 6.45) is 1.34. The van der Waals surface area contributed by atoms with E-state index in [9.17, 15) is 16.8 Å². The zero-order valence-electron chi connectivity index (χ0n) is 9.25. The summed E-state index contributed by atoms with van der Waals surface area (Å²) in [5.41, 5.74) is 0. The van der Waals surface area contributed by atoms with Gasteiger partial charge in [0.15, 0.2) is 0 Å². The summed E-state index contributed by atoms with van der Waals surface area (Å²) >= 11 is 0. The highest BCUT2D eigenvalue weighted by Crippen LogP contribution is 2.26. The Morgan fingerprint density at radius 2 is 1.56 bits per heavy atom. The molecule has 0 spiro atoms. The van der Waals surface area contributed by atoms with Crippen molar-refractivity contribution in [2.45, 2.75) is 38.4 Å². The first-order chi connectivity index (χ1) is 7.22. The van der Waals surface area contributed by atoms with Crippen LogP contribution in [0.4, 0.5) is 0 Å². The smallest absolute Gasteiger partial charge is 0.267 e. The van der Waals surface area contributed by atoms with Gasteiger partial charge in [0.1, 0.15) is 0 Å². The molecule has 0 N–H and O–H groups in total. The molecule has 1 rings (SSSR count). The summed E-state index contributed by atoms with van der Waals surface area (Å²) < 4.78 is 53.7. The van der Waals surface area contributed by atoms with Crippen LogP contribution in [0.3, 0.4) is 0 Å². The molecule has 6 nitrogen and oxygen atoms in total. The SMILES string of the molecule is CCS(=O)(=O)OC1CCC(OS(C)(=O)=O)C1. The quantitative estimate of drug-likeness (QED) is 0.667. The van der Waals surface area contributed by atoms with E-state index in [1.165, 1.54) is 6.92 Å². The van der Waals surface area contributed by atoms with E-state index in [4.69, 9.17) is 8.37 Å². The fourth-order valence-electron chi connectivity index (χ4n) is 1.60. The van der Waals surface area contributed by atoms with Gasteiger partial charge in [-0.3, -0.25) is 8.37 Å². The summed E-state index contributed by atoms with van der Waals surface area (Å²) in [5, 5.41) is 0. The van der Waals surface area contributed by atoms with Crippen molar-refractivity contribution in [3.8, 4) is 0 Å². The van der Waals surface area contributed by atoms with Gasteiger partial charge in [-0.15, -0.1) is 0 Å². The predicted molar refractivity (Wildman–Crippen MR) is 57.9 cm³/mol. The third-order valence-corrected chi connectivity index (χ3v) is 4.18. The Morgan fingerprint density at radius 1 is 1.06 bits per heavy atom. The van der Waals surface area contributed by atoms with Gasteiger partial charge < -0.3 is 0 Å². The minimum atomic E-state index is -3.49. The molecule has 0 saturated heterocycles. The fraction of sp³-hybridized carbons (Fsp3) is 1.00. The van der Waals surface area contributed by atoms with Crippen LogP contribution >= 0.6 is 0 Å². The van der Waals surface area contributed by atoms with Crippen LogP contribution in [0.5, 0.6) is 0 Å². The lowest BCUT2D eigenvalue weighted by atomic mass is 10.3. The summed E-state index contributed by atoms with van der Waals surface area (Å²) in [4.78, 5) is 0. The minimum Gasteiger partial charge on any atom is -0.267 e. The average Bonchev–Trinajstić information content (AvgIpc) is 2.48. The topological polar surface area (TPSA) is 86.7 Å². The normalized spacial score (nSPS) is 27.1. The second kappa shape index (κ2) is 4.99. The van der Waals surface area contributed by atoms with Gasteiger partial charge in [0.2, 0.25) is 0 Å². The second-order valence-corrected chi connectivity index (χ2v) is 7.29. The number of hydrogen-bond donors (Lipinski definition) is 0. The van der Waals surface area contributed by atoms with Crippen LogP contribution in [0.15, 0.2) is 0 Å². The van der Waals surface area contributed by atoms with Crippen molar-refractivity contribution in [2.24, 2.45) is 0 Å². The molecular formula is C8H16O6S2. The molecule has 2 unspecified atom stereocenters. The van der Waals surface area contributed by atoms with Gasteiger partial charge in [0, 0.05) is 6.42 Å². The molecule has 16 heavy (non-hydrogen) atoms. The van der Waals surface area contributed by atoms with Crippen molar-refractivity contribution in [3.63, 3.8) is 0 Å². The minimum absolute atomic E-state index is 0.0822. The van der Waals surface area contributed by atoms with E-state index in [0.29, 0.717) is 19.3 Å². The molecule has 1 saturated carbocycles. The van der Waals surface area contributed by atoms with Crippen LogP contribution in [-0.2, 0) is 28.6 Å². The largest absolute Gasteiger partial charge is 0.267 e. The van der Waals surface area contributed by atoms with Crippen LogP contribution in [0.1, 0.15) is 26.2 Å². The molecule has 0 aromatic rings. The van der Waals surface area contributed by atoms with E-state index in [2.05, 4.69) is 0 Å². The molecule has 1 aliphatic carbocycles. The van der Waals surface area contributed by atoms with Gasteiger partial charge >= 0.3 is 0 Å². The Bertz CT molecular complexity index is 423. The van der Waals surface area contributed by atoms with Crippen molar-refractivity contribution in [3.05, 3.63) is 0 Å². The predicted octanol–water partition coefficient (Wildman–Crippen LogP) is 0.250. The maximum atomic E-state index is 11.2. The van der Waals surface area contributed by atoms with E-state index < -0.39 is 32.4 Å². The first-order valence-electron chi connectivity index (χ1n) is 5.01.